The van der Waals surface area contributed by atoms with Crippen LogP contribution in [0.3, 0.4) is 0 Å². The van der Waals surface area contributed by atoms with E-state index in [1.165, 1.54) is 6.07 Å². The standard InChI is InChI=1S/C14H15BrN2O3/c15-7-1-3-9(14(19)20)12(5-7)17-13(18)10-6-8-2-4-11(10)16-8/h1,3,5,8,10-11,16H,2,4,6H2,(H,17,18)(H,19,20). The maximum absolute atomic E-state index is 12.3. The lowest BCUT2D eigenvalue weighted by molar-refractivity contribution is -0.120. The van der Waals surface area contributed by atoms with E-state index in [2.05, 4.69) is 26.6 Å². The second kappa shape index (κ2) is 5.18. The van der Waals surface area contributed by atoms with Gasteiger partial charge in [-0.1, -0.05) is 15.9 Å². The van der Waals surface area contributed by atoms with Gasteiger partial charge in [0.1, 0.15) is 0 Å². The first-order valence-corrected chi connectivity index (χ1v) is 7.43. The van der Waals surface area contributed by atoms with Crippen molar-refractivity contribution >= 4 is 33.5 Å². The van der Waals surface area contributed by atoms with Crippen LogP contribution >= 0.6 is 15.9 Å². The Hall–Kier alpha value is -1.40. The number of anilines is 1. The molecular weight excluding hydrogens is 324 g/mol. The number of aromatic carboxylic acids is 1. The summed E-state index contributed by atoms with van der Waals surface area (Å²) in [5.74, 6) is -1.20. The van der Waals surface area contributed by atoms with Crippen molar-refractivity contribution in [3.05, 3.63) is 28.2 Å². The molecule has 2 aliphatic rings. The molecule has 106 valence electrons. The van der Waals surface area contributed by atoms with Gasteiger partial charge in [-0.05, 0) is 37.5 Å². The first-order chi connectivity index (χ1) is 9.54. The van der Waals surface area contributed by atoms with Crippen molar-refractivity contribution in [1.29, 1.82) is 0 Å². The van der Waals surface area contributed by atoms with E-state index >= 15 is 0 Å². The minimum absolute atomic E-state index is 0.0608. The third-order valence-electron chi connectivity index (χ3n) is 4.11. The number of hydrogen-bond donors (Lipinski definition) is 3. The summed E-state index contributed by atoms with van der Waals surface area (Å²) in [4.78, 5) is 23.5. The zero-order chi connectivity index (χ0) is 14.3. The average Bonchev–Trinajstić information content (AvgIpc) is 3.00. The Kier molecular flexibility index (Phi) is 3.52. The van der Waals surface area contributed by atoms with E-state index in [-0.39, 0.29) is 23.4 Å². The molecule has 2 saturated heterocycles. The van der Waals surface area contributed by atoms with E-state index in [0.717, 1.165) is 23.7 Å². The Bertz CT molecular complexity index is 576. The van der Waals surface area contributed by atoms with Crippen LogP contribution in [0.5, 0.6) is 0 Å². The first kappa shape index (κ1) is 13.6. The van der Waals surface area contributed by atoms with Gasteiger partial charge in [-0.15, -0.1) is 0 Å². The van der Waals surface area contributed by atoms with Crippen LogP contribution in [0.1, 0.15) is 29.6 Å². The zero-order valence-corrected chi connectivity index (χ0v) is 12.3. The summed E-state index contributed by atoms with van der Waals surface area (Å²) in [7, 11) is 0. The summed E-state index contributed by atoms with van der Waals surface area (Å²) in [6.07, 6.45) is 2.99. The van der Waals surface area contributed by atoms with Gasteiger partial charge in [0.15, 0.2) is 0 Å². The smallest absolute Gasteiger partial charge is 0.337 e. The largest absolute Gasteiger partial charge is 0.478 e. The van der Waals surface area contributed by atoms with E-state index in [9.17, 15) is 9.59 Å². The molecule has 3 rings (SSSR count). The summed E-state index contributed by atoms with van der Waals surface area (Å²) in [6, 6.07) is 5.44. The van der Waals surface area contributed by atoms with Crippen molar-refractivity contribution < 1.29 is 14.7 Å². The van der Waals surface area contributed by atoms with Crippen molar-refractivity contribution in [2.75, 3.05) is 5.32 Å². The van der Waals surface area contributed by atoms with Crippen molar-refractivity contribution in [1.82, 2.24) is 5.32 Å². The van der Waals surface area contributed by atoms with Gasteiger partial charge < -0.3 is 15.7 Å². The van der Waals surface area contributed by atoms with Gasteiger partial charge in [0, 0.05) is 16.6 Å². The van der Waals surface area contributed by atoms with Crippen molar-refractivity contribution in [2.45, 2.75) is 31.3 Å². The molecule has 20 heavy (non-hydrogen) atoms. The van der Waals surface area contributed by atoms with Crippen LogP contribution < -0.4 is 10.6 Å². The van der Waals surface area contributed by atoms with Gasteiger partial charge in [-0.25, -0.2) is 4.79 Å². The number of carboxylic acid groups (broad SMARTS) is 1. The van der Waals surface area contributed by atoms with Crippen LogP contribution in [0.4, 0.5) is 5.69 Å². The Labute approximate surface area is 124 Å². The summed E-state index contributed by atoms with van der Waals surface area (Å²) in [5.41, 5.74) is 0.456. The second-order valence-electron chi connectivity index (χ2n) is 5.37. The summed E-state index contributed by atoms with van der Waals surface area (Å²) >= 11 is 3.29. The fourth-order valence-corrected chi connectivity index (χ4v) is 3.51. The third-order valence-corrected chi connectivity index (χ3v) is 4.60. The molecule has 0 aromatic heterocycles. The quantitative estimate of drug-likeness (QED) is 0.789. The molecule has 2 fully saturated rings. The minimum atomic E-state index is -1.04. The zero-order valence-electron chi connectivity index (χ0n) is 10.7. The SMILES string of the molecule is O=C(O)c1ccc(Br)cc1NC(=O)C1CC2CCC1N2. The fraction of sp³-hybridized carbons (Fsp3) is 0.429. The molecule has 2 bridgehead atoms. The monoisotopic (exact) mass is 338 g/mol. The van der Waals surface area contributed by atoms with Crippen LogP contribution in [0.25, 0.3) is 0 Å². The molecule has 0 spiro atoms. The molecule has 3 atom stereocenters. The molecule has 3 unspecified atom stereocenters. The number of fused-ring (bicyclic) bond motifs is 2. The lowest BCUT2D eigenvalue weighted by Crippen LogP contribution is -2.33. The highest BCUT2D eigenvalue weighted by atomic mass is 79.9. The summed E-state index contributed by atoms with van der Waals surface area (Å²) < 4.78 is 0.740. The Balaban J connectivity index is 1.79. The Morgan fingerprint density at radius 1 is 1.35 bits per heavy atom. The highest BCUT2D eigenvalue weighted by molar-refractivity contribution is 9.10. The number of amides is 1. The number of carboxylic acids is 1. The van der Waals surface area contributed by atoms with Gasteiger partial charge in [0.05, 0.1) is 17.2 Å². The molecular formula is C14H15BrN2O3. The number of hydrogen-bond acceptors (Lipinski definition) is 3. The van der Waals surface area contributed by atoms with Gasteiger partial charge in [0.25, 0.3) is 0 Å². The molecule has 0 radical (unpaired) electrons. The molecule has 0 saturated carbocycles. The number of nitrogens with one attached hydrogen (secondary N) is 2. The van der Waals surface area contributed by atoms with Crippen LogP contribution in [-0.2, 0) is 4.79 Å². The van der Waals surface area contributed by atoms with Crippen molar-refractivity contribution in [3.63, 3.8) is 0 Å². The van der Waals surface area contributed by atoms with Gasteiger partial charge in [0.2, 0.25) is 5.91 Å². The number of carbonyl (C=O) groups excluding carboxylic acids is 1. The highest BCUT2D eigenvalue weighted by Crippen LogP contribution is 2.34. The van der Waals surface area contributed by atoms with E-state index in [1.54, 1.807) is 12.1 Å². The highest BCUT2D eigenvalue weighted by Gasteiger charge is 2.42. The van der Waals surface area contributed by atoms with E-state index in [1.807, 2.05) is 0 Å². The van der Waals surface area contributed by atoms with Gasteiger partial charge in [-0.3, -0.25) is 4.79 Å². The molecule has 1 aromatic carbocycles. The first-order valence-electron chi connectivity index (χ1n) is 6.64. The predicted octanol–water partition coefficient (Wildman–Crippen LogP) is 2.23. The summed E-state index contributed by atoms with van der Waals surface area (Å²) in [5, 5.41) is 15.3. The van der Waals surface area contributed by atoms with E-state index < -0.39 is 5.97 Å². The molecule has 2 heterocycles. The van der Waals surface area contributed by atoms with E-state index in [4.69, 9.17) is 5.11 Å². The molecule has 1 amide bonds. The number of benzene rings is 1. The van der Waals surface area contributed by atoms with Crippen LogP contribution in [0.15, 0.2) is 22.7 Å². The molecule has 2 aliphatic heterocycles. The summed E-state index contributed by atoms with van der Waals surface area (Å²) in [6.45, 7) is 0. The van der Waals surface area contributed by atoms with Gasteiger partial charge >= 0.3 is 5.97 Å². The van der Waals surface area contributed by atoms with Crippen LogP contribution in [-0.4, -0.2) is 29.1 Å². The lowest BCUT2D eigenvalue weighted by Gasteiger charge is -2.20. The topological polar surface area (TPSA) is 78.4 Å². The average molecular weight is 339 g/mol. The van der Waals surface area contributed by atoms with Crippen LogP contribution in [0.2, 0.25) is 0 Å². The molecule has 1 aromatic rings. The van der Waals surface area contributed by atoms with Gasteiger partial charge in [-0.2, -0.15) is 0 Å². The van der Waals surface area contributed by atoms with E-state index in [0.29, 0.717) is 11.7 Å². The number of carbonyl (C=O) groups is 2. The molecule has 0 aliphatic carbocycles. The fourth-order valence-electron chi connectivity index (χ4n) is 3.15. The molecule has 5 nitrogen and oxygen atoms in total. The number of halogens is 1. The second-order valence-corrected chi connectivity index (χ2v) is 6.29. The van der Waals surface area contributed by atoms with Crippen molar-refractivity contribution in [2.24, 2.45) is 5.92 Å². The maximum atomic E-state index is 12.3. The Morgan fingerprint density at radius 3 is 2.75 bits per heavy atom. The van der Waals surface area contributed by atoms with Crippen molar-refractivity contribution in [3.8, 4) is 0 Å². The Morgan fingerprint density at radius 2 is 2.15 bits per heavy atom. The molecule has 6 heteroatoms. The normalized spacial score (nSPS) is 27.6. The lowest BCUT2D eigenvalue weighted by atomic mass is 9.88. The number of rotatable bonds is 3. The van der Waals surface area contributed by atoms with Crippen LogP contribution in [0, 0.1) is 5.92 Å². The predicted molar refractivity (Wildman–Crippen MR) is 77.8 cm³/mol. The third kappa shape index (κ3) is 2.45. The maximum Gasteiger partial charge on any atom is 0.337 e. The minimum Gasteiger partial charge on any atom is -0.478 e. The molecule has 3 N–H and O–H groups in total.